The fraction of sp³-hybridized carbons (Fsp3) is 0.267. The van der Waals surface area contributed by atoms with Crippen LogP contribution >= 0.6 is 11.6 Å². The average Bonchev–Trinajstić information content (AvgIpc) is 2.53. The predicted octanol–water partition coefficient (Wildman–Crippen LogP) is 2.93. The van der Waals surface area contributed by atoms with Gasteiger partial charge in [-0.2, -0.15) is 0 Å². The minimum Gasteiger partial charge on any atom is -0.492 e. The van der Waals surface area contributed by atoms with Crippen LogP contribution in [0.1, 0.15) is 29.1 Å². The van der Waals surface area contributed by atoms with Crippen molar-refractivity contribution in [3.63, 3.8) is 0 Å². The highest BCUT2D eigenvalue weighted by atomic mass is 35.5. The van der Waals surface area contributed by atoms with E-state index in [-0.39, 0.29) is 39.2 Å². The van der Waals surface area contributed by atoms with Gasteiger partial charge in [0.2, 0.25) is 0 Å². The summed E-state index contributed by atoms with van der Waals surface area (Å²) in [5, 5.41) is 9.44. The minimum absolute atomic E-state index is 0.0646. The molecular weight excluding hydrogens is 341 g/mol. The van der Waals surface area contributed by atoms with Gasteiger partial charge in [-0.25, -0.2) is 19.2 Å². The van der Waals surface area contributed by atoms with Gasteiger partial charge in [0.05, 0.1) is 29.4 Å². The molecule has 24 heavy (non-hydrogen) atoms. The number of hydrogen-bond acceptors (Lipinski definition) is 6. The quantitative estimate of drug-likeness (QED) is 0.848. The van der Waals surface area contributed by atoms with Crippen molar-refractivity contribution in [1.82, 2.24) is 9.97 Å². The first-order chi connectivity index (χ1) is 11.3. The van der Waals surface area contributed by atoms with Crippen LogP contribution in [0.4, 0.5) is 10.2 Å². The lowest BCUT2D eigenvalue weighted by Crippen LogP contribution is -2.15. The van der Waals surface area contributed by atoms with Crippen molar-refractivity contribution in [1.29, 1.82) is 0 Å². The van der Waals surface area contributed by atoms with Crippen LogP contribution in [0.3, 0.4) is 0 Å². The van der Waals surface area contributed by atoms with Crippen molar-refractivity contribution in [3.05, 3.63) is 34.2 Å². The van der Waals surface area contributed by atoms with Crippen LogP contribution in [0.5, 0.6) is 5.75 Å². The SMILES string of the molecule is COc1c(Cl)ccc(-c2nc(N)c(C(C)OC)c(C(=O)O)n2)c1F. The highest BCUT2D eigenvalue weighted by Crippen LogP contribution is 2.35. The van der Waals surface area contributed by atoms with E-state index in [0.717, 1.165) is 0 Å². The van der Waals surface area contributed by atoms with E-state index in [9.17, 15) is 14.3 Å². The van der Waals surface area contributed by atoms with Gasteiger partial charge < -0.3 is 20.3 Å². The summed E-state index contributed by atoms with van der Waals surface area (Å²) in [4.78, 5) is 19.4. The number of nitrogens with two attached hydrogens (primary N) is 1. The van der Waals surface area contributed by atoms with E-state index in [2.05, 4.69) is 9.97 Å². The van der Waals surface area contributed by atoms with Gasteiger partial charge in [0.25, 0.3) is 0 Å². The first-order valence-electron chi connectivity index (χ1n) is 6.77. The smallest absolute Gasteiger partial charge is 0.355 e. The van der Waals surface area contributed by atoms with Gasteiger partial charge in [-0.3, -0.25) is 0 Å². The Labute approximate surface area is 142 Å². The normalized spacial score (nSPS) is 12.0. The number of nitrogen functional groups attached to an aromatic ring is 1. The number of aromatic nitrogens is 2. The lowest BCUT2D eigenvalue weighted by Gasteiger charge is -2.16. The third kappa shape index (κ3) is 3.10. The van der Waals surface area contributed by atoms with Gasteiger partial charge in [-0.15, -0.1) is 0 Å². The molecule has 3 N–H and O–H groups in total. The van der Waals surface area contributed by atoms with Crippen LogP contribution < -0.4 is 10.5 Å². The van der Waals surface area contributed by atoms with Crippen molar-refractivity contribution in [2.24, 2.45) is 0 Å². The third-order valence-corrected chi connectivity index (χ3v) is 3.73. The highest BCUT2D eigenvalue weighted by Gasteiger charge is 2.25. The maximum Gasteiger partial charge on any atom is 0.355 e. The molecular formula is C15H15ClFN3O4. The van der Waals surface area contributed by atoms with Crippen LogP contribution in [0.15, 0.2) is 12.1 Å². The van der Waals surface area contributed by atoms with Crippen LogP contribution in [0.25, 0.3) is 11.4 Å². The molecule has 0 spiro atoms. The van der Waals surface area contributed by atoms with Crippen LogP contribution in [-0.2, 0) is 4.74 Å². The van der Waals surface area contributed by atoms with E-state index >= 15 is 0 Å². The Kier molecular flexibility index (Phi) is 5.20. The zero-order valence-electron chi connectivity index (χ0n) is 13.1. The molecule has 1 aromatic heterocycles. The highest BCUT2D eigenvalue weighted by molar-refractivity contribution is 6.32. The Balaban J connectivity index is 2.72. The number of benzene rings is 1. The summed E-state index contributed by atoms with van der Waals surface area (Å²) in [6.07, 6.45) is -0.644. The number of methoxy groups -OCH3 is 2. The van der Waals surface area contributed by atoms with Crippen molar-refractivity contribution in [3.8, 4) is 17.1 Å². The molecule has 0 aliphatic heterocycles. The molecule has 0 aliphatic carbocycles. The summed E-state index contributed by atoms with van der Waals surface area (Å²) in [6.45, 7) is 1.60. The summed E-state index contributed by atoms with van der Waals surface area (Å²) < 4.78 is 24.5. The number of aromatic carboxylic acids is 1. The van der Waals surface area contributed by atoms with Gasteiger partial charge in [-0.1, -0.05) is 11.6 Å². The van der Waals surface area contributed by atoms with E-state index in [1.54, 1.807) is 6.92 Å². The lowest BCUT2D eigenvalue weighted by atomic mass is 10.1. The molecule has 2 aromatic rings. The second kappa shape index (κ2) is 6.98. The summed E-state index contributed by atoms with van der Waals surface area (Å²) in [5.74, 6) is -2.63. The molecule has 0 radical (unpaired) electrons. The van der Waals surface area contributed by atoms with E-state index < -0.39 is 17.9 Å². The second-order valence-electron chi connectivity index (χ2n) is 4.82. The number of ether oxygens (including phenoxy) is 2. The Morgan fingerprint density at radius 1 is 1.38 bits per heavy atom. The third-order valence-electron chi connectivity index (χ3n) is 3.43. The molecule has 1 unspecified atom stereocenters. The molecule has 0 saturated carbocycles. The van der Waals surface area contributed by atoms with E-state index in [0.29, 0.717) is 0 Å². The zero-order chi connectivity index (χ0) is 18.0. The predicted molar refractivity (Wildman–Crippen MR) is 85.8 cm³/mol. The number of carboxylic acids is 1. The number of carbonyl (C=O) groups is 1. The molecule has 0 fully saturated rings. The van der Waals surface area contributed by atoms with Crippen molar-refractivity contribution in [2.45, 2.75) is 13.0 Å². The molecule has 7 nitrogen and oxygen atoms in total. The van der Waals surface area contributed by atoms with Gasteiger partial charge in [0.15, 0.2) is 23.1 Å². The summed E-state index contributed by atoms with van der Waals surface area (Å²) in [6, 6.07) is 2.71. The van der Waals surface area contributed by atoms with Gasteiger partial charge >= 0.3 is 5.97 Å². The summed E-state index contributed by atoms with van der Waals surface area (Å²) in [7, 11) is 2.66. The second-order valence-corrected chi connectivity index (χ2v) is 5.23. The molecule has 1 heterocycles. The molecule has 0 bridgehead atoms. The number of hydrogen-bond donors (Lipinski definition) is 2. The first kappa shape index (κ1) is 17.9. The van der Waals surface area contributed by atoms with Crippen molar-refractivity contribution < 1.29 is 23.8 Å². The maximum absolute atomic E-state index is 14.5. The molecule has 0 amide bonds. The van der Waals surface area contributed by atoms with Crippen molar-refractivity contribution in [2.75, 3.05) is 20.0 Å². The molecule has 0 saturated heterocycles. The molecule has 1 atom stereocenters. The monoisotopic (exact) mass is 355 g/mol. The number of carboxylic acid groups (broad SMARTS) is 1. The van der Waals surface area contributed by atoms with Gasteiger partial charge in [0.1, 0.15) is 5.82 Å². The summed E-state index contributed by atoms with van der Waals surface area (Å²) in [5.41, 5.74) is 5.53. The number of rotatable bonds is 5. The molecule has 9 heteroatoms. The number of halogens is 2. The van der Waals surface area contributed by atoms with Crippen LogP contribution in [0.2, 0.25) is 5.02 Å². The van der Waals surface area contributed by atoms with E-state index in [1.165, 1.54) is 26.4 Å². The standard InChI is InChI=1S/C15H15ClFN3O4/c1-6(23-2)9-11(15(21)22)19-14(20-13(9)18)7-4-5-8(16)12(24-3)10(7)17/h4-6H,1-3H3,(H,21,22)(H2,18,19,20). The fourth-order valence-electron chi connectivity index (χ4n) is 2.18. The Bertz CT molecular complexity index is 801. The molecule has 2 rings (SSSR count). The zero-order valence-corrected chi connectivity index (χ0v) is 13.9. The number of anilines is 1. The van der Waals surface area contributed by atoms with E-state index in [1.807, 2.05) is 0 Å². The fourth-order valence-corrected chi connectivity index (χ4v) is 2.40. The largest absolute Gasteiger partial charge is 0.492 e. The van der Waals surface area contributed by atoms with Gasteiger partial charge in [-0.05, 0) is 19.1 Å². The minimum atomic E-state index is -1.33. The number of nitrogens with zero attached hydrogens (tertiary/aromatic N) is 2. The van der Waals surface area contributed by atoms with Gasteiger partial charge in [0, 0.05) is 7.11 Å². The Morgan fingerprint density at radius 3 is 2.58 bits per heavy atom. The molecule has 128 valence electrons. The Morgan fingerprint density at radius 2 is 2.04 bits per heavy atom. The van der Waals surface area contributed by atoms with Crippen molar-refractivity contribution >= 4 is 23.4 Å². The maximum atomic E-state index is 14.5. The van der Waals surface area contributed by atoms with Crippen LogP contribution in [0, 0.1) is 5.82 Å². The van der Waals surface area contributed by atoms with Crippen LogP contribution in [-0.4, -0.2) is 35.3 Å². The molecule has 1 aromatic carbocycles. The molecule has 0 aliphatic rings. The van der Waals surface area contributed by atoms with E-state index in [4.69, 9.17) is 26.8 Å². The Hall–Kier alpha value is -2.45. The first-order valence-corrected chi connectivity index (χ1v) is 7.15. The lowest BCUT2D eigenvalue weighted by molar-refractivity contribution is 0.0675. The topological polar surface area (TPSA) is 108 Å². The average molecular weight is 356 g/mol. The summed E-state index contributed by atoms with van der Waals surface area (Å²) >= 11 is 5.85.